The SMILES string of the molecule is CCOCCCNC(=NC)NC1CCN(c2ccc(C)cc2)C1. The van der Waals surface area contributed by atoms with E-state index in [0.717, 1.165) is 51.6 Å². The number of aliphatic imine (C=N–C) groups is 1. The summed E-state index contributed by atoms with van der Waals surface area (Å²) in [5.41, 5.74) is 2.61. The van der Waals surface area contributed by atoms with Gasteiger partial charge in [-0.15, -0.1) is 0 Å². The van der Waals surface area contributed by atoms with E-state index >= 15 is 0 Å². The van der Waals surface area contributed by atoms with Gasteiger partial charge in [0.05, 0.1) is 0 Å². The highest BCUT2D eigenvalue weighted by Crippen LogP contribution is 2.20. The number of anilines is 1. The van der Waals surface area contributed by atoms with Gasteiger partial charge in [-0.05, 0) is 38.8 Å². The van der Waals surface area contributed by atoms with Crippen LogP contribution in [0.15, 0.2) is 29.3 Å². The molecule has 0 aliphatic carbocycles. The molecule has 0 aromatic heterocycles. The first kappa shape index (κ1) is 17.6. The van der Waals surface area contributed by atoms with Crippen molar-refractivity contribution in [3.63, 3.8) is 0 Å². The van der Waals surface area contributed by atoms with Crippen molar-refractivity contribution in [2.45, 2.75) is 32.7 Å². The Labute approximate surface area is 140 Å². The van der Waals surface area contributed by atoms with Crippen LogP contribution < -0.4 is 15.5 Å². The van der Waals surface area contributed by atoms with Crippen molar-refractivity contribution < 1.29 is 4.74 Å². The molecule has 128 valence electrons. The normalized spacial score (nSPS) is 18.3. The minimum atomic E-state index is 0.439. The average molecular weight is 318 g/mol. The van der Waals surface area contributed by atoms with Gasteiger partial charge in [0.1, 0.15) is 0 Å². The second-order valence-corrected chi connectivity index (χ2v) is 5.96. The fourth-order valence-electron chi connectivity index (χ4n) is 2.78. The Bertz CT molecular complexity index is 486. The smallest absolute Gasteiger partial charge is 0.191 e. The molecule has 0 spiro atoms. The number of ether oxygens (including phenoxy) is 1. The second-order valence-electron chi connectivity index (χ2n) is 5.96. The average Bonchev–Trinajstić information content (AvgIpc) is 3.02. The summed E-state index contributed by atoms with van der Waals surface area (Å²) in [5.74, 6) is 0.886. The topological polar surface area (TPSA) is 48.9 Å². The molecule has 1 fully saturated rings. The molecule has 1 heterocycles. The fourth-order valence-corrected chi connectivity index (χ4v) is 2.78. The first-order valence-electron chi connectivity index (χ1n) is 8.59. The van der Waals surface area contributed by atoms with Crippen molar-refractivity contribution in [2.75, 3.05) is 44.8 Å². The largest absolute Gasteiger partial charge is 0.382 e. The lowest BCUT2D eigenvalue weighted by Gasteiger charge is -2.20. The van der Waals surface area contributed by atoms with E-state index in [-0.39, 0.29) is 0 Å². The molecule has 1 aromatic rings. The number of rotatable bonds is 7. The van der Waals surface area contributed by atoms with Crippen LogP contribution in [0.3, 0.4) is 0 Å². The molecule has 1 saturated heterocycles. The zero-order valence-electron chi connectivity index (χ0n) is 14.6. The molecule has 2 rings (SSSR count). The summed E-state index contributed by atoms with van der Waals surface area (Å²) >= 11 is 0. The lowest BCUT2D eigenvalue weighted by atomic mass is 10.2. The van der Waals surface area contributed by atoms with Crippen LogP contribution in [0.4, 0.5) is 5.69 Å². The van der Waals surface area contributed by atoms with Crippen LogP contribution in [-0.2, 0) is 4.74 Å². The maximum atomic E-state index is 5.35. The molecule has 23 heavy (non-hydrogen) atoms. The van der Waals surface area contributed by atoms with Crippen molar-refractivity contribution in [2.24, 2.45) is 4.99 Å². The Balaban J connectivity index is 1.74. The molecule has 1 atom stereocenters. The van der Waals surface area contributed by atoms with Crippen LogP contribution >= 0.6 is 0 Å². The van der Waals surface area contributed by atoms with Gasteiger partial charge in [0.25, 0.3) is 0 Å². The molecule has 1 aliphatic rings. The monoisotopic (exact) mass is 318 g/mol. The number of nitrogens with one attached hydrogen (secondary N) is 2. The van der Waals surface area contributed by atoms with Gasteiger partial charge in [0.2, 0.25) is 0 Å². The van der Waals surface area contributed by atoms with Gasteiger partial charge in [0.15, 0.2) is 5.96 Å². The Hall–Kier alpha value is -1.75. The van der Waals surface area contributed by atoms with Gasteiger partial charge < -0.3 is 20.3 Å². The Kier molecular flexibility index (Phi) is 7.20. The minimum Gasteiger partial charge on any atom is -0.382 e. The molecule has 0 amide bonds. The number of hydrogen-bond acceptors (Lipinski definition) is 3. The molecule has 5 heteroatoms. The third-order valence-electron chi connectivity index (χ3n) is 4.11. The van der Waals surface area contributed by atoms with Crippen LogP contribution in [0.1, 0.15) is 25.3 Å². The van der Waals surface area contributed by atoms with E-state index in [0.29, 0.717) is 6.04 Å². The predicted octanol–water partition coefficient (Wildman–Crippen LogP) is 2.17. The predicted molar refractivity (Wildman–Crippen MR) is 97.4 cm³/mol. The van der Waals surface area contributed by atoms with Crippen LogP contribution in [0.25, 0.3) is 0 Å². The first-order valence-corrected chi connectivity index (χ1v) is 8.59. The van der Waals surface area contributed by atoms with E-state index in [4.69, 9.17) is 4.74 Å². The molecule has 1 aromatic carbocycles. The highest BCUT2D eigenvalue weighted by molar-refractivity contribution is 5.80. The van der Waals surface area contributed by atoms with Gasteiger partial charge >= 0.3 is 0 Å². The molecule has 0 bridgehead atoms. The third kappa shape index (κ3) is 5.75. The molecule has 0 saturated carbocycles. The quantitative estimate of drug-likeness (QED) is 0.459. The van der Waals surface area contributed by atoms with Crippen LogP contribution in [0, 0.1) is 6.92 Å². The number of hydrogen-bond donors (Lipinski definition) is 2. The molecule has 5 nitrogen and oxygen atoms in total. The molecular weight excluding hydrogens is 288 g/mol. The van der Waals surface area contributed by atoms with Gasteiger partial charge in [0, 0.05) is 51.6 Å². The van der Waals surface area contributed by atoms with Gasteiger partial charge in [-0.1, -0.05) is 17.7 Å². The summed E-state index contributed by atoms with van der Waals surface area (Å²) in [7, 11) is 1.82. The maximum Gasteiger partial charge on any atom is 0.191 e. The van der Waals surface area contributed by atoms with Crippen molar-refractivity contribution >= 4 is 11.6 Å². The van der Waals surface area contributed by atoms with Gasteiger partial charge in [-0.2, -0.15) is 0 Å². The van der Waals surface area contributed by atoms with E-state index in [1.165, 1.54) is 11.3 Å². The Morgan fingerprint density at radius 1 is 1.35 bits per heavy atom. The Morgan fingerprint density at radius 2 is 2.13 bits per heavy atom. The van der Waals surface area contributed by atoms with E-state index in [2.05, 4.69) is 51.7 Å². The van der Waals surface area contributed by atoms with Crippen molar-refractivity contribution in [3.05, 3.63) is 29.8 Å². The van der Waals surface area contributed by atoms with E-state index in [1.54, 1.807) is 0 Å². The highest BCUT2D eigenvalue weighted by Gasteiger charge is 2.23. The summed E-state index contributed by atoms with van der Waals surface area (Å²) in [6, 6.07) is 9.20. The lowest BCUT2D eigenvalue weighted by molar-refractivity contribution is 0.145. The molecule has 1 aliphatic heterocycles. The van der Waals surface area contributed by atoms with Gasteiger partial charge in [-0.25, -0.2) is 0 Å². The second kappa shape index (κ2) is 9.40. The number of guanidine groups is 1. The molecular formula is C18H30N4O. The molecule has 2 N–H and O–H groups in total. The molecule has 1 unspecified atom stereocenters. The summed E-state index contributed by atoms with van der Waals surface area (Å²) in [6.07, 6.45) is 2.13. The van der Waals surface area contributed by atoms with Crippen LogP contribution in [0.5, 0.6) is 0 Å². The number of benzene rings is 1. The number of aryl methyl sites for hydroxylation is 1. The highest BCUT2D eigenvalue weighted by atomic mass is 16.5. The zero-order chi connectivity index (χ0) is 16.5. The van der Waals surface area contributed by atoms with E-state index in [1.807, 2.05) is 14.0 Å². The zero-order valence-corrected chi connectivity index (χ0v) is 14.6. The van der Waals surface area contributed by atoms with Crippen LogP contribution in [-0.4, -0.2) is 51.9 Å². The summed E-state index contributed by atoms with van der Waals surface area (Å²) in [4.78, 5) is 6.74. The summed E-state index contributed by atoms with van der Waals surface area (Å²) in [5, 5.41) is 6.88. The fraction of sp³-hybridized carbons (Fsp3) is 0.611. The summed E-state index contributed by atoms with van der Waals surface area (Å²) < 4.78 is 5.35. The van der Waals surface area contributed by atoms with Crippen molar-refractivity contribution in [3.8, 4) is 0 Å². The minimum absolute atomic E-state index is 0.439. The van der Waals surface area contributed by atoms with E-state index < -0.39 is 0 Å². The Morgan fingerprint density at radius 3 is 2.83 bits per heavy atom. The maximum absolute atomic E-state index is 5.35. The number of nitrogens with zero attached hydrogens (tertiary/aromatic N) is 2. The van der Waals surface area contributed by atoms with Crippen LogP contribution in [0.2, 0.25) is 0 Å². The van der Waals surface area contributed by atoms with Gasteiger partial charge in [-0.3, -0.25) is 4.99 Å². The van der Waals surface area contributed by atoms with Crippen molar-refractivity contribution in [1.82, 2.24) is 10.6 Å². The first-order chi connectivity index (χ1) is 11.2. The summed E-state index contributed by atoms with van der Waals surface area (Å²) in [6.45, 7) is 8.71. The third-order valence-corrected chi connectivity index (χ3v) is 4.11. The molecule has 0 radical (unpaired) electrons. The standard InChI is InChI=1S/C18H30N4O/c1-4-23-13-5-11-20-18(19-3)21-16-10-12-22(14-16)17-8-6-15(2)7-9-17/h6-9,16H,4-5,10-14H2,1-3H3,(H2,19,20,21). The van der Waals surface area contributed by atoms with E-state index in [9.17, 15) is 0 Å². The lowest BCUT2D eigenvalue weighted by Crippen LogP contribution is -2.45. The van der Waals surface area contributed by atoms with Crippen molar-refractivity contribution in [1.29, 1.82) is 0 Å².